The molecule has 8 heteroatoms. The number of ether oxygens (including phenoxy) is 1. The number of aromatic nitrogens is 3. The van der Waals surface area contributed by atoms with Crippen LogP contribution in [-0.4, -0.2) is 15.4 Å². The van der Waals surface area contributed by atoms with Gasteiger partial charge in [-0.1, -0.05) is 46.5 Å². The Bertz CT molecular complexity index is 1000. The van der Waals surface area contributed by atoms with E-state index < -0.39 is 0 Å². The third kappa shape index (κ3) is 4.87. The number of rotatable bonds is 7. The van der Waals surface area contributed by atoms with Crippen LogP contribution < -0.4 is 10.1 Å². The molecule has 2 aromatic carbocycles. The number of thioether (sulfide) groups is 1. The summed E-state index contributed by atoms with van der Waals surface area (Å²) >= 11 is 3.08. The normalized spacial score (nSPS) is 10.7. The number of nitrogens with zero attached hydrogens (tertiary/aromatic N) is 3. The van der Waals surface area contributed by atoms with Crippen molar-refractivity contribution in [3.05, 3.63) is 72.1 Å². The predicted octanol–water partition coefficient (Wildman–Crippen LogP) is 5.66. The molecule has 0 saturated heterocycles. The maximum Gasteiger partial charge on any atom is 0.210 e. The van der Waals surface area contributed by atoms with Crippen molar-refractivity contribution >= 4 is 33.9 Å². The number of anilines is 2. The Labute approximate surface area is 164 Å². The van der Waals surface area contributed by atoms with E-state index in [2.05, 4.69) is 20.7 Å². The molecule has 2 aromatic heterocycles. The second-order valence-electron chi connectivity index (χ2n) is 5.66. The first-order valence-corrected chi connectivity index (χ1v) is 10.0. The van der Waals surface area contributed by atoms with Crippen molar-refractivity contribution in [3.63, 3.8) is 0 Å². The van der Waals surface area contributed by atoms with E-state index in [9.17, 15) is 0 Å². The van der Waals surface area contributed by atoms with E-state index in [0.717, 1.165) is 38.1 Å². The van der Waals surface area contributed by atoms with Gasteiger partial charge in [0.25, 0.3) is 0 Å². The monoisotopic (exact) mass is 396 g/mol. The Balaban J connectivity index is 1.33. The second kappa shape index (κ2) is 8.24. The molecule has 4 rings (SSSR count). The Morgan fingerprint density at radius 3 is 2.56 bits per heavy atom. The zero-order valence-corrected chi connectivity index (χ0v) is 16.1. The van der Waals surface area contributed by atoms with Crippen molar-refractivity contribution in [3.8, 4) is 11.5 Å². The molecule has 0 fully saturated rings. The highest BCUT2D eigenvalue weighted by atomic mass is 32.2. The molecule has 27 heavy (non-hydrogen) atoms. The van der Waals surface area contributed by atoms with Gasteiger partial charge in [-0.3, -0.25) is 0 Å². The van der Waals surface area contributed by atoms with E-state index in [1.165, 1.54) is 11.3 Å². The van der Waals surface area contributed by atoms with Crippen molar-refractivity contribution in [2.75, 3.05) is 5.32 Å². The summed E-state index contributed by atoms with van der Waals surface area (Å²) in [6.45, 7) is 1.88. The quantitative estimate of drug-likeness (QED) is 0.404. The van der Waals surface area contributed by atoms with Crippen LogP contribution in [-0.2, 0) is 5.75 Å². The van der Waals surface area contributed by atoms with Gasteiger partial charge in [0.1, 0.15) is 17.3 Å². The van der Waals surface area contributed by atoms with Crippen molar-refractivity contribution in [1.82, 2.24) is 15.4 Å². The number of aryl methyl sites for hydroxylation is 1. The molecule has 0 aliphatic carbocycles. The minimum atomic E-state index is 0.706. The highest BCUT2D eigenvalue weighted by Gasteiger charge is 2.08. The topological polar surface area (TPSA) is 73.1 Å². The van der Waals surface area contributed by atoms with E-state index >= 15 is 0 Å². The lowest BCUT2D eigenvalue weighted by atomic mass is 10.3. The molecule has 0 spiro atoms. The fraction of sp³-hybridized carbons (Fsp3) is 0.105. The molecule has 1 N–H and O–H groups in total. The molecule has 136 valence electrons. The van der Waals surface area contributed by atoms with Crippen LogP contribution in [0.1, 0.15) is 11.5 Å². The Morgan fingerprint density at radius 2 is 1.81 bits per heavy atom. The standard InChI is InChI=1S/C19H16N4O2S2/c1-13-11-15(23-25-13)12-26-19-22-21-18(27-19)20-14-7-9-17(10-8-14)24-16-5-3-2-4-6-16/h2-11H,12H2,1H3,(H,20,21). The summed E-state index contributed by atoms with van der Waals surface area (Å²) in [7, 11) is 0. The molecule has 0 bridgehead atoms. The average molecular weight is 396 g/mol. The Morgan fingerprint density at radius 1 is 1.04 bits per heavy atom. The smallest absolute Gasteiger partial charge is 0.210 e. The van der Waals surface area contributed by atoms with Crippen molar-refractivity contribution < 1.29 is 9.26 Å². The lowest BCUT2D eigenvalue weighted by Crippen LogP contribution is -1.90. The maximum atomic E-state index is 5.79. The lowest BCUT2D eigenvalue weighted by Gasteiger charge is -2.06. The van der Waals surface area contributed by atoms with Gasteiger partial charge in [0.15, 0.2) is 4.34 Å². The summed E-state index contributed by atoms with van der Waals surface area (Å²) in [4.78, 5) is 0. The van der Waals surface area contributed by atoms with Crippen molar-refractivity contribution in [1.29, 1.82) is 0 Å². The van der Waals surface area contributed by atoms with Gasteiger partial charge >= 0.3 is 0 Å². The van der Waals surface area contributed by atoms with Crippen LogP contribution in [0.3, 0.4) is 0 Å². The largest absolute Gasteiger partial charge is 0.457 e. The molecule has 0 radical (unpaired) electrons. The Kier molecular flexibility index (Phi) is 5.36. The van der Waals surface area contributed by atoms with Gasteiger partial charge in [-0.05, 0) is 43.3 Å². The minimum absolute atomic E-state index is 0.706. The molecule has 6 nitrogen and oxygen atoms in total. The molecule has 0 unspecified atom stereocenters. The summed E-state index contributed by atoms with van der Waals surface area (Å²) in [6.07, 6.45) is 0. The highest BCUT2D eigenvalue weighted by molar-refractivity contribution is 8.00. The van der Waals surface area contributed by atoms with E-state index in [1.807, 2.05) is 67.6 Å². The van der Waals surface area contributed by atoms with E-state index in [4.69, 9.17) is 9.26 Å². The van der Waals surface area contributed by atoms with Crippen LogP contribution in [0.15, 0.2) is 69.5 Å². The predicted molar refractivity (Wildman–Crippen MR) is 107 cm³/mol. The van der Waals surface area contributed by atoms with Gasteiger partial charge in [-0.25, -0.2) is 0 Å². The summed E-state index contributed by atoms with van der Waals surface area (Å²) in [5, 5.41) is 16.4. The molecule has 0 aliphatic rings. The molecular formula is C19H16N4O2S2. The maximum absolute atomic E-state index is 5.79. The molecule has 0 amide bonds. The number of nitrogens with one attached hydrogen (secondary N) is 1. The molecular weight excluding hydrogens is 380 g/mol. The summed E-state index contributed by atoms with van der Waals surface area (Å²) in [5.74, 6) is 3.11. The van der Waals surface area contributed by atoms with Gasteiger partial charge in [0, 0.05) is 17.5 Å². The molecule has 0 aliphatic heterocycles. The number of benzene rings is 2. The van der Waals surface area contributed by atoms with Crippen LogP contribution in [0.4, 0.5) is 10.8 Å². The van der Waals surface area contributed by atoms with Crippen LogP contribution in [0.2, 0.25) is 0 Å². The second-order valence-corrected chi connectivity index (χ2v) is 7.86. The summed E-state index contributed by atoms with van der Waals surface area (Å²) in [5.41, 5.74) is 1.83. The van der Waals surface area contributed by atoms with Crippen molar-refractivity contribution in [2.24, 2.45) is 0 Å². The molecule has 4 aromatic rings. The number of hydrogen-bond donors (Lipinski definition) is 1. The molecule has 2 heterocycles. The van der Waals surface area contributed by atoms with Gasteiger partial charge in [0.05, 0.1) is 5.69 Å². The van der Waals surface area contributed by atoms with E-state index in [1.54, 1.807) is 11.8 Å². The fourth-order valence-electron chi connectivity index (χ4n) is 2.29. The third-order valence-corrected chi connectivity index (χ3v) is 5.52. The highest BCUT2D eigenvalue weighted by Crippen LogP contribution is 2.30. The molecule has 0 saturated carbocycles. The van der Waals surface area contributed by atoms with Crippen molar-refractivity contribution in [2.45, 2.75) is 17.0 Å². The van der Waals surface area contributed by atoms with Crippen LogP contribution in [0.25, 0.3) is 0 Å². The minimum Gasteiger partial charge on any atom is -0.457 e. The number of hydrogen-bond acceptors (Lipinski definition) is 8. The number of para-hydroxylation sites is 1. The first-order chi connectivity index (χ1) is 13.2. The summed E-state index contributed by atoms with van der Waals surface area (Å²) < 4.78 is 11.7. The Hall–Kier alpha value is -2.84. The van der Waals surface area contributed by atoms with Gasteiger partial charge < -0.3 is 14.6 Å². The third-order valence-electron chi connectivity index (χ3n) is 3.51. The van der Waals surface area contributed by atoms with Gasteiger partial charge in [-0.2, -0.15) is 0 Å². The van der Waals surface area contributed by atoms with E-state index in [0.29, 0.717) is 5.75 Å². The van der Waals surface area contributed by atoms with Gasteiger partial charge in [0.2, 0.25) is 5.13 Å². The van der Waals surface area contributed by atoms with Crippen LogP contribution in [0.5, 0.6) is 11.5 Å². The van der Waals surface area contributed by atoms with Crippen LogP contribution >= 0.6 is 23.1 Å². The summed E-state index contributed by atoms with van der Waals surface area (Å²) in [6, 6.07) is 19.3. The van der Waals surface area contributed by atoms with E-state index in [-0.39, 0.29) is 0 Å². The zero-order valence-electron chi connectivity index (χ0n) is 14.5. The lowest BCUT2D eigenvalue weighted by molar-refractivity contribution is 0.393. The first-order valence-electron chi connectivity index (χ1n) is 8.23. The first kappa shape index (κ1) is 17.6. The van der Waals surface area contributed by atoms with Crippen LogP contribution in [0, 0.1) is 6.92 Å². The van der Waals surface area contributed by atoms with Gasteiger partial charge in [-0.15, -0.1) is 10.2 Å². The SMILES string of the molecule is Cc1cc(CSc2nnc(Nc3ccc(Oc4ccccc4)cc3)s2)no1. The zero-order chi connectivity index (χ0) is 18.5. The average Bonchev–Trinajstić information content (AvgIpc) is 3.31. The fourth-order valence-corrected chi connectivity index (χ4v) is 3.95. The molecule has 0 atom stereocenters.